The van der Waals surface area contributed by atoms with Crippen LogP contribution in [0.2, 0.25) is 0 Å². The van der Waals surface area contributed by atoms with Gasteiger partial charge in [-0.3, -0.25) is 4.79 Å². The van der Waals surface area contributed by atoms with Crippen molar-refractivity contribution in [2.75, 3.05) is 19.5 Å². The fourth-order valence-corrected chi connectivity index (χ4v) is 4.56. The third-order valence-corrected chi connectivity index (χ3v) is 6.58. The maximum Gasteiger partial charge on any atom is 0.250 e. The van der Waals surface area contributed by atoms with Gasteiger partial charge >= 0.3 is 0 Å². The highest BCUT2D eigenvalue weighted by Crippen LogP contribution is 2.27. The van der Waals surface area contributed by atoms with Gasteiger partial charge in [-0.25, -0.2) is 0 Å². The fourth-order valence-electron chi connectivity index (χ4n) is 4.56. The number of aliphatic hydroxyl groups excluding tert-OH is 2. The highest BCUT2D eigenvalue weighted by atomic mass is 16.5. The van der Waals surface area contributed by atoms with Gasteiger partial charge in [-0.1, -0.05) is 26.0 Å². The molecule has 2 bridgehead atoms. The van der Waals surface area contributed by atoms with E-state index in [0.717, 1.165) is 11.1 Å². The zero-order chi connectivity index (χ0) is 25.4. The third-order valence-electron chi connectivity index (χ3n) is 6.58. The predicted octanol–water partition coefficient (Wildman–Crippen LogP) is 3.97. The first-order valence-corrected chi connectivity index (χ1v) is 12.0. The molecule has 2 rings (SSSR count). The molecule has 0 radical (unpaired) electrons. The topological polar surface area (TPSA) is 108 Å². The molecule has 1 aromatic carbocycles. The van der Waals surface area contributed by atoms with E-state index in [1.165, 1.54) is 6.07 Å². The number of phenolic OH excluding ortho intramolecular Hbond substituents is 1. The number of aliphatic hydroxyl groups is 2. The summed E-state index contributed by atoms with van der Waals surface area (Å²) in [7, 11) is 3.15. The average molecular weight is 476 g/mol. The van der Waals surface area contributed by atoms with Gasteiger partial charge in [-0.2, -0.15) is 0 Å². The molecule has 0 aromatic heterocycles. The lowest BCUT2D eigenvalue weighted by atomic mass is 9.88. The zero-order valence-electron chi connectivity index (χ0n) is 21.2. The number of methoxy groups -OCH3 is 2. The molecule has 190 valence electrons. The number of allylic oxidation sites excluding steroid dienone is 1. The molecule has 1 aliphatic rings. The fraction of sp³-hybridized carbons (Fsp3) is 0.593. The number of amides is 1. The van der Waals surface area contributed by atoms with Crippen molar-refractivity contribution in [1.82, 2.24) is 0 Å². The van der Waals surface area contributed by atoms with Crippen LogP contribution >= 0.6 is 0 Å². The monoisotopic (exact) mass is 475 g/mol. The van der Waals surface area contributed by atoms with Gasteiger partial charge in [0, 0.05) is 37.5 Å². The van der Waals surface area contributed by atoms with Crippen LogP contribution < -0.4 is 5.32 Å². The number of aromatic hydroxyl groups is 1. The van der Waals surface area contributed by atoms with Gasteiger partial charge in [0.25, 0.3) is 5.91 Å². The Morgan fingerprint density at radius 2 is 1.71 bits per heavy atom. The summed E-state index contributed by atoms with van der Waals surface area (Å²) in [6.45, 7) is 7.55. The number of benzene rings is 1. The van der Waals surface area contributed by atoms with Gasteiger partial charge < -0.3 is 30.1 Å². The predicted molar refractivity (Wildman–Crippen MR) is 134 cm³/mol. The number of nitrogens with one attached hydrogen (secondary N) is 1. The Balaban J connectivity index is 2.39. The summed E-state index contributed by atoms with van der Waals surface area (Å²) in [5.41, 5.74) is 2.69. The first-order chi connectivity index (χ1) is 16.0. The van der Waals surface area contributed by atoms with Crippen LogP contribution in [0.3, 0.4) is 0 Å². The Morgan fingerprint density at radius 3 is 2.35 bits per heavy atom. The average Bonchev–Trinajstić information content (AvgIpc) is 2.78. The normalized spacial score (nSPS) is 30.3. The quantitative estimate of drug-likeness (QED) is 0.482. The molecule has 1 aliphatic heterocycles. The maximum atomic E-state index is 12.7. The SMILES string of the molecule is COC1CCC=C(C)C(=O)Nc2cc(O)cc(c2)CC(C)CC(OC)C(O)C(C)C=C(C)C1O. The van der Waals surface area contributed by atoms with Crippen LogP contribution in [0.15, 0.2) is 41.5 Å². The van der Waals surface area contributed by atoms with Crippen molar-refractivity contribution in [3.05, 3.63) is 47.1 Å². The number of carbonyl (C=O) groups is 1. The van der Waals surface area contributed by atoms with Crippen molar-refractivity contribution in [3.8, 4) is 5.75 Å². The summed E-state index contributed by atoms with van der Waals surface area (Å²) in [6.07, 6.45) is 3.62. The lowest BCUT2D eigenvalue weighted by Crippen LogP contribution is -2.35. The minimum Gasteiger partial charge on any atom is -0.508 e. The Kier molecular flexibility index (Phi) is 10.8. The molecule has 7 nitrogen and oxygen atoms in total. The minimum absolute atomic E-state index is 0.0852. The summed E-state index contributed by atoms with van der Waals surface area (Å²) in [4.78, 5) is 12.7. The highest BCUT2D eigenvalue weighted by Gasteiger charge is 2.27. The van der Waals surface area contributed by atoms with Gasteiger partial charge in [0.15, 0.2) is 0 Å². The second kappa shape index (κ2) is 13.0. The lowest BCUT2D eigenvalue weighted by Gasteiger charge is -2.29. The van der Waals surface area contributed by atoms with Crippen LogP contribution in [0.4, 0.5) is 5.69 Å². The third kappa shape index (κ3) is 7.94. The van der Waals surface area contributed by atoms with E-state index < -0.39 is 24.4 Å². The summed E-state index contributed by atoms with van der Waals surface area (Å²) < 4.78 is 11.2. The standard InChI is InChI=1S/C27H41NO6/c1-16-10-20-13-21(15-22(29)14-20)28-27(32)17(2)8-7-9-23(33-5)25(30)18(3)12-19(4)26(31)24(11-16)34-6/h8,12-16,19,23-26,29-31H,7,9-11H2,1-6H3,(H,28,32). The van der Waals surface area contributed by atoms with Crippen molar-refractivity contribution in [2.45, 2.75) is 77.8 Å². The lowest BCUT2D eigenvalue weighted by molar-refractivity contribution is -0.112. The van der Waals surface area contributed by atoms with Gasteiger partial charge in [-0.15, -0.1) is 0 Å². The van der Waals surface area contributed by atoms with Crippen molar-refractivity contribution < 1.29 is 29.6 Å². The molecule has 6 unspecified atom stereocenters. The molecule has 0 spiro atoms. The Morgan fingerprint density at radius 1 is 1.03 bits per heavy atom. The number of phenols is 1. The van der Waals surface area contributed by atoms with Crippen LogP contribution in [0.1, 0.15) is 52.5 Å². The minimum atomic E-state index is -0.825. The van der Waals surface area contributed by atoms with Crippen LogP contribution in [0, 0.1) is 11.8 Å². The van der Waals surface area contributed by atoms with E-state index in [-0.39, 0.29) is 23.5 Å². The highest BCUT2D eigenvalue weighted by molar-refractivity contribution is 6.03. The summed E-state index contributed by atoms with van der Waals surface area (Å²) >= 11 is 0. The van der Waals surface area contributed by atoms with Crippen molar-refractivity contribution in [3.63, 3.8) is 0 Å². The maximum absolute atomic E-state index is 12.7. The van der Waals surface area contributed by atoms with Crippen LogP contribution in [0.25, 0.3) is 0 Å². The summed E-state index contributed by atoms with van der Waals surface area (Å²) in [5, 5.41) is 34.9. The number of hydrogen-bond donors (Lipinski definition) is 4. The van der Waals surface area contributed by atoms with E-state index in [9.17, 15) is 20.1 Å². The summed E-state index contributed by atoms with van der Waals surface area (Å²) in [6, 6.07) is 5.08. The van der Waals surface area contributed by atoms with E-state index in [0.29, 0.717) is 36.9 Å². The second-order valence-electron chi connectivity index (χ2n) is 9.61. The Hall–Kier alpha value is -2.19. The van der Waals surface area contributed by atoms with Crippen molar-refractivity contribution >= 4 is 11.6 Å². The Bertz CT molecular complexity index is 880. The van der Waals surface area contributed by atoms with E-state index >= 15 is 0 Å². The van der Waals surface area contributed by atoms with E-state index in [1.54, 1.807) is 27.2 Å². The smallest absolute Gasteiger partial charge is 0.250 e. The molecule has 6 atom stereocenters. The van der Waals surface area contributed by atoms with Crippen molar-refractivity contribution in [2.24, 2.45) is 11.8 Å². The molecule has 34 heavy (non-hydrogen) atoms. The molecule has 0 saturated carbocycles. The number of rotatable bonds is 2. The molecule has 0 saturated heterocycles. The number of ether oxygens (including phenoxy) is 2. The molecule has 0 fully saturated rings. The molecule has 4 N–H and O–H groups in total. The van der Waals surface area contributed by atoms with Gasteiger partial charge in [0.1, 0.15) is 11.9 Å². The molecule has 7 heteroatoms. The number of fused-ring (bicyclic) bond motifs is 2. The second-order valence-corrected chi connectivity index (χ2v) is 9.61. The molecule has 1 amide bonds. The zero-order valence-corrected chi connectivity index (χ0v) is 21.2. The number of anilines is 1. The Labute approximate surface area is 203 Å². The van der Waals surface area contributed by atoms with Crippen LogP contribution in [0.5, 0.6) is 5.75 Å². The molecule has 1 aromatic rings. The molecule has 0 aliphatic carbocycles. The van der Waals surface area contributed by atoms with Crippen LogP contribution in [-0.2, 0) is 20.7 Å². The van der Waals surface area contributed by atoms with E-state index in [1.807, 2.05) is 32.1 Å². The molecular formula is C27H41NO6. The van der Waals surface area contributed by atoms with Gasteiger partial charge in [0.2, 0.25) is 0 Å². The van der Waals surface area contributed by atoms with E-state index in [4.69, 9.17) is 9.47 Å². The molecule has 1 heterocycles. The van der Waals surface area contributed by atoms with Crippen LogP contribution in [-0.4, -0.2) is 59.9 Å². The first kappa shape index (κ1) is 28.1. The van der Waals surface area contributed by atoms with Gasteiger partial charge in [-0.05, 0) is 68.7 Å². The first-order valence-electron chi connectivity index (χ1n) is 12.0. The van der Waals surface area contributed by atoms with Crippen molar-refractivity contribution in [1.29, 1.82) is 0 Å². The number of carbonyl (C=O) groups excluding carboxylic acids is 1. The van der Waals surface area contributed by atoms with Gasteiger partial charge in [0.05, 0.1) is 18.3 Å². The summed E-state index contributed by atoms with van der Waals surface area (Å²) in [5.74, 6) is -0.247. The molecular weight excluding hydrogens is 434 g/mol. The largest absolute Gasteiger partial charge is 0.508 e. The van der Waals surface area contributed by atoms with E-state index in [2.05, 4.69) is 12.2 Å². The number of hydrogen-bond acceptors (Lipinski definition) is 6.